The molecule has 0 fully saturated rings. The highest BCUT2D eigenvalue weighted by molar-refractivity contribution is 5.40. The summed E-state index contributed by atoms with van der Waals surface area (Å²) in [7, 11) is 1.62. The van der Waals surface area contributed by atoms with Gasteiger partial charge >= 0.3 is 0 Å². The monoisotopic (exact) mass is 303 g/mol. The standard InChI is InChI=1S/C16H21N3O3/c1-16(2,21)14-9-19(18-17-14)15-12-8-11(22-3)6-4-10(12)5-7-13(15)20/h4,6,8-9,13,15,20-21H,5,7H2,1-3H3/t13-,15-/m1/s1. The highest BCUT2D eigenvalue weighted by Crippen LogP contribution is 2.35. The zero-order valence-corrected chi connectivity index (χ0v) is 13.0. The molecule has 0 saturated heterocycles. The van der Waals surface area contributed by atoms with Gasteiger partial charge in [0.25, 0.3) is 0 Å². The molecule has 1 aliphatic carbocycles. The van der Waals surface area contributed by atoms with E-state index >= 15 is 0 Å². The van der Waals surface area contributed by atoms with E-state index < -0.39 is 11.7 Å². The summed E-state index contributed by atoms with van der Waals surface area (Å²) in [6.45, 7) is 3.32. The SMILES string of the molecule is COc1ccc2c(c1)[C@@H](n1cc(C(C)(C)O)nn1)[C@H](O)CC2. The summed E-state index contributed by atoms with van der Waals surface area (Å²) in [5.41, 5.74) is 1.59. The Morgan fingerprint density at radius 2 is 2.14 bits per heavy atom. The largest absolute Gasteiger partial charge is 0.497 e. The molecule has 2 atom stereocenters. The number of rotatable bonds is 3. The van der Waals surface area contributed by atoms with Crippen molar-refractivity contribution in [2.75, 3.05) is 7.11 Å². The quantitative estimate of drug-likeness (QED) is 0.896. The zero-order chi connectivity index (χ0) is 15.9. The van der Waals surface area contributed by atoms with E-state index in [1.165, 1.54) is 5.56 Å². The number of fused-ring (bicyclic) bond motifs is 1. The summed E-state index contributed by atoms with van der Waals surface area (Å²) in [5.74, 6) is 0.751. The number of aromatic nitrogens is 3. The predicted molar refractivity (Wildman–Crippen MR) is 80.7 cm³/mol. The Kier molecular flexibility index (Phi) is 3.66. The van der Waals surface area contributed by atoms with E-state index in [2.05, 4.69) is 10.3 Å². The Bertz CT molecular complexity index is 676. The number of aryl methyl sites for hydroxylation is 1. The van der Waals surface area contributed by atoms with Gasteiger partial charge in [0.05, 0.1) is 19.4 Å². The Morgan fingerprint density at radius 3 is 2.77 bits per heavy atom. The smallest absolute Gasteiger partial charge is 0.119 e. The molecule has 22 heavy (non-hydrogen) atoms. The molecule has 6 heteroatoms. The third kappa shape index (κ3) is 2.60. The lowest BCUT2D eigenvalue weighted by atomic mass is 9.85. The second-order valence-corrected chi connectivity index (χ2v) is 6.26. The van der Waals surface area contributed by atoms with Gasteiger partial charge in [0.2, 0.25) is 0 Å². The number of nitrogens with zero attached hydrogens (tertiary/aromatic N) is 3. The molecule has 0 radical (unpaired) electrons. The van der Waals surface area contributed by atoms with Gasteiger partial charge in [0.1, 0.15) is 23.1 Å². The Morgan fingerprint density at radius 1 is 1.36 bits per heavy atom. The first-order valence-corrected chi connectivity index (χ1v) is 7.39. The van der Waals surface area contributed by atoms with Gasteiger partial charge in [-0.05, 0) is 49.9 Å². The molecule has 0 amide bonds. The fraction of sp³-hybridized carbons (Fsp3) is 0.500. The molecule has 118 valence electrons. The van der Waals surface area contributed by atoms with Crippen molar-refractivity contribution in [3.8, 4) is 5.75 Å². The summed E-state index contributed by atoms with van der Waals surface area (Å²) in [4.78, 5) is 0. The highest BCUT2D eigenvalue weighted by Gasteiger charge is 2.32. The van der Waals surface area contributed by atoms with Crippen LogP contribution in [0.25, 0.3) is 0 Å². The molecule has 3 rings (SSSR count). The molecule has 1 heterocycles. The summed E-state index contributed by atoms with van der Waals surface area (Å²) < 4.78 is 6.93. The lowest BCUT2D eigenvalue weighted by molar-refractivity contribution is 0.0734. The molecule has 2 N–H and O–H groups in total. The number of ether oxygens (including phenoxy) is 1. The number of aliphatic hydroxyl groups is 2. The average molecular weight is 303 g/mol. The average Bonchev–Trinajstić information content (AvgIpc) is 2.96. The van der Waals surface area contributed by atoms with E-state index in [-0.39, 0.29) is 6.04 Å². The van der Waals surface area contributed by atoms with Crippen molar-refractivity contribution in [1.82, 2.24) is 15.0 Å². The summed E-state index contributed by atoms with van der Waals surface area (Å²) in [6, 6.07) is 5.58. The van der Waals surface area contributed by atoms with Gasteiger partial charge in [-0.2, -0.15) is 0 Å². The topological polar surface area (TPSA) is 80.4 Å². The lowest BCUT2D eigenvalue weighted by Gasteiger charge is -2.30. The summed E-state index contributed by atoms with van der Waals surface area (Å²) in [5, 5.41) is 28.6. The van der Waals surface area contributed by atoms with Crippen molar-refractivity contribution in [3.05, 3.63) is 41.2 Å². The van der Waals surface area contributed by atoms with E-state index in [0.29, 0.717) is 12.1 Å². The van der Waals surface area contributed by atoms with Crippen molar-refractivity contribution in [3.63, 3.8) is 0 Å². The number of aliphatic hydroxyl groups excluding tert-OH is 1. The van der Waals surface area contributed by atoms with Gasteiger partial charge in [-0.15, -0.1) is 5.10 Å². The third-order valence-electron chi connectivity index (χ3n) is 4.17. The van der Waals surface area contributed by atoms with Gasteiger partial charge in [-0.1, -0.05) is 11.3 Å². The summed E-state index contributed by atoms with van der Waals surface area (Å²) in [6.07, 6.45) is 2.64. The fourth-order valence-corrected chi connectivity index (χ4v) is 2.88. The molecule has 0 bridgehead atoms. The van der Waals surface area contributed by atoms with Crippen molar-refractivity contribution in [1.29, 1.82) is 0 Å². The minimum atomic E-state index is -1.06. The molecule has 6 nitrogen and oxygen atoms in total. The first kappa shape index (κ1) is 15.0. The molecule has 1 aliphatic rings. The third-order valence-corrected chi connectivity index (χ3v) is 4.17. The Hall–Kier alpha value is -1.92. The van der Waals surface area contributed by atoms with Crippen LogP contribution in [0.15, 0.2) is 24.4 Å². The van der Waals surface area contributed by atoms with E-state index in [1.807, 2.05) is 18.2 Å². The van der Waals surface area contributed by atoms with Gasteiger partial charge in [-0.3, -0.25) is 0 Å². The van der Waals surface area contributed by atoms with Crippen LogP contribution in [0.1, 0.15) is 43.1 Å². The minimum Gasteiger partial charge on any atom is -0.497 e. The van der Waals surface area contributed by atoms with Crippen molar-refractivity contribution in [2.45, 2.75) is 44.4 Å². The van der Waals surface area contributed by atoms with Crippen molar-refractivity contribution in [2.24, 2.45) is 0 Å². The molecule has 0 aliphatic heterocycles. The van der Waals surface area contributed by atoms with Crippen LogP contribution in [-0.2, 0) is 12.0 Å². The maximum absolute atomic E-state index is 10.5. The van der Waals surface area contributed by atoms with Crippen molar-refractivity contribution >= 4 is 0 Å². The number of benzene rings is 1. The number of methoxy groups -OCH3 is 1. The van der Waals surface area contributed by atoms with E-state index in [4.69, 9.17) is 4.74 Å². The highest BCUT2D eigenvalue weighted by atomic mass is 16.5. The molecule has 2 aromatic rings. The van der Waals surface area contributed by atoms with Crippen LogP contribution in [0.5, 0.6) is 5.75 Å². The fourth-order valence-electron chi connectivity index (χ4n) is 2.88. The van der Waals surface area contributed by atoms with Crippen LogP contribution in [0, 0.1) is 0 Å². The van der Waals surface area contributed by atoms with Crippen LogP contribution >= 0.6 is 0 Å². The molecular weight excluding hydrogens is 282 g/mol. The molecule has 0 unspecified atom stereocenters. The van der Waals surface area contributed by atoms with Crippen LogP contribution in [0.4, 0.5) is 0 Å². The minimum absolute atomic E-state index is 0.317. The number of hydrogen-bond acceptors (Lipinski definition) is 5. The molecular formula is C16H21N3O3. The van der Waals surface area contributed by atoms with Crippen molar-refractivity contribution < 1.29 is 14.9 Å². The first-order valence-electron chi connectivity index (χ1n) is 7.39. The van der Waals surface area contributed by atoms with Crippen LogP contribution in [-0.4, -0.2) is 38.4 Å². The zero-order valence-electron chi connectivity index (χ0n) is 13.0. The number of hydrogen-bond donors (Lipinski definition) is 2. The van der Waals surface area contributed by atoms with E-state index in [9.17, 15) is 10.2 Å². The molecule has 1 aromatic carbocycles. The first-order chi connectivity index (χ1) is 10.4. The Labute approximate surface area is 129 Å². The van der Waals surface area contributed by atoms with Crippen LogP contribution in [0.3, 0.4) is 0 Å². The van der Waals surface area contributed by atoms with E-state index in [0.717, 1.165) is 17.7 Å². The molecule has 1 aromatic heterocycles. The lowest BCUT2D eigenvalue weighted by Crippen LogP contribution is -2.31. The van der Waals surface area contributed by atoms with Crippen LogP contribution in [0.2, 0.25) is 0 Å². The second kappa shape index (κ2) is 5.37. The van der Waals surface area contributed by atoms with Gasteiger partial charge in [-0.25, -0.2) is 4.68 Å². The molecule has 0 saturated carbocycles. The second-order valence-electron chi connectivity index (χ2n) is 6.26. The molecule has 0 spiro atoms. The summed E-state index contributed by atoms with van der Waals surface area (Å²) >= 11 is 0. The maximum Gasteiger partial charge on any atom is 0.119 e. The van der Waals surface area contributed by atoms with Gasteiger partial charge in [0.15, 0.2) is 0 Å². The van der Waals surface area contributed by atoms with Gasteiger partial charge < -0.3 is 14.9 Å². The normalized spacial score (nSPS) is 21.5. The van der Waals surface area contributed by atoms with E-state index in [1.54, 1.807) is 31.8 Å². The van der Waals surface area contributed by atoms with Gasteiger partial charge in [0, 0.05) is 0 Å². The van der Waals surface area contributed by atoms with Crippen LogP contribution < -0.4 is 4.74 Å². The Balaban J connectivity index is 2.05. The maximum atomic E-state index is 10.5. The predicted octanol–water partition coefficient (Wildman–Crippen LogP) is 1.41.